The van der Waals surface area contributed by atoms with E-state index in [-0.39, 0.29) is 0 Å². The molecule has 1 heterocycles. The fourth-order valence-electron chi connectivity index (χ4n) is 3.16. The van der Waals surface area contributed by atoms with Crippen LogP contribution in [0.4, 0.5) is 19.6 Å². The molecule has 1 aromatic heterocycles. The molecule has 29 heavy (non-hydrogen) atoms. The quantitative estimate of drug-likeness (QED) is 0.371. The molecule has 154 valence electrons. The molecule has 0 spiro atoms. The normalized spacial score (nSPS) is 11.0. The predicted octanol–water partition coefficient (Wildman–Crippen LogP) is 7.27. The zero-order chi connectivity index (χ0) is 21.0. The fraction of sp³-hybridized carbons (Fsp3) is 0.318. The Morgan fingerprint density at radius 1 is 1.14 bits per heavy atom. The fourth-order valence-corrected chi connectivity index (χ4v) is 4.39. The second-order valence-electron chi connectivity index (χ2n) is 6.63. The molecule has 3 aromatic rings. The highest BCUT2D eigenvalue weighted by molar-refractivity contribution is 7.16. The van der Waals surface area contributed by atoms with Gasteiger partial charge in [0.2, 0.25) is 0 Å². The van der Waals surface area contributed by atoms with Gasteiger partial charge in [0.05, 0.1) is 17.8 Å². The summed E-state index contributed by atoms with van der Waals surface area (Å²) in [6.45, 7) is 3.45. The Balaban J connectivity index is 2.08. The van der Waals surface area contributed by atoms with E-state index >= 15 is 0 Å². The number of benzene rings is 2. The third-order valence-corrected chi connectivity index (χ3v) is 5.94. The van der Waals surface area contributed by atoms with E-state index in [1.54, 1.807) is 31.4 Å². The first-order valence-corrected chi connectivity index (χ1v) is 10.5. The maximum Gasteiger partial charge on any atom is 0.190 e. The Morgan fingerprint density at radius 2 is 1.93 bits per heavy atom. The second-order valence-corrected chi connectivity index (χ2v) is 8.22. The third kappa shape index (κ3) is 4.54. The van der Waals surface area contributed by atoms with Gasteiger partial charge in [-0.15, -0.1) is 11.3 Å². The van der Waals surface area contributed by atoms with Gasteiger partial charge in [-0.2, -0.15) is 0 Å². The van der Waals surface area contributed by atoms with Crippen LogP contribution in [0.2, 0.25) is 5.02 Å². The number of anilines is 2. The van der Waals surface area contributed by atoms with Gasteiger partial charge in [-0.05, 0) is 43.2 Å². The van der Waals surface area contributed by atoms with Crippen LogP contribution in [0.25, 0.3) is 11.3 Å². The highest BCUT2D eigenvalue weighted by Gasteiger charge is 2.20. The van der Waals surface area contributed by atoms with Gasteiger partial charge in [-0.1, -0.05) is 30.7 Å². The van der Waals surface area contributed by atoms with Crippen LogP contribution in [0.3, 0.4) is 0 Å². The van der Waals surface area contributed by atoms with Crippen molar-refractivity contribution >= 4 is 33.8 Å². The number of hydrogen-bond donors (Lipinski definition) is 0. The summed E-state index contributed by atoms with van der Waals surface area (Å²) >= 11 is 7.96. The number of methoxy groups -OCH3 is 1. The van der Waals surface area contributed by atoms with Crippen molar-refractivity contribution in [2.24, 2.45) is 0 Å². The summed E-state index contributed by atoms with van der Waals surface area (Å²) in [5.74, 6) is 0.676. The van der Waals surface area contributed by atoms with Gasteiger partial charge in [0.1, 0.15) is 19.1 Å². The van der Waals surface area contributed by atoms with Crippen molar-refractivity contribution in [2.45, 2.75) is 33.6 Å². The molecule has 0 saturated carbocycles. The average molecular weight is 437 g/mol. The summed E-state index contributed by atoms with van der Waals surface area (Å²) in [6.07, 6.45) is 0.836. The monoisotopic (exact) mass is 436 g/mol. The number of halogens is 3. The topological polar surface area (TPSA) is 25.4 Å². The van der Waals surface area contributed by atoms with Gasteiger partial charge in [0.15, 0.2) is 5.13 Å². The van der Waals surface area contributed by atoms with E-state index in [4.69, 9.17) is 21.3 Å². The van der Waals surface area contributed by atoms with E-state index in [0.29, 0.717) is 34.1 Å². The first-order valence-electron chi connectivity index (χ1n) is 9.35. The Kier molecular flexibility index (Phi) is 7.09. The second kappa shape index (κ2) is 9.55. The first-order chi connectivity index (χ1) is 14.0. The summed E-state index contributed by atoms with van der Waals surface area (Å²) in [7, 11) is 1.59. The van der Waals surface area contributed by atoms with Crippen LogP contribution in [0.1, 0.15) is 29.3 Å². The highest BCUT2D eigenvalue weighted by Crippen LogP contribution is 2.40. The Labute approximate surface area is 178 Å². The van der Waals surface area contributed by atoms with Crippen LogP contribution in [-0.4, -0.2) is 18.6 Å². The molecule has 3 nitrogen and oxygen atoms in total. The molecule has 2 aromatic carbocycles. The van der Waals surface area contributed by atoms with Gasteiger partial charge in [0.25, 0.3) is 0 Å². The van der Waals surface area contributed by atoms with Crippen molar-refractivity contribution in [3.8, 4) is 17.0 Å². The number of alkyl halides is 2. The number of rotatable bonds is 8. The molecule has 0 atom stereocenters. The van der Waals surface area contributed by atoms with Gasteiger partial charge in [0, 0.05) is 28.2 Å². The van der Waals surface area contributed by atoms with E-state index in [9.17, 15) is 8.78 Å². The molecular weight excluding hydrogens is 414 g/mol. The molecule has 0 saturated heterocycles. The van der Waals surface area contributed by atoms with Crippen LogP contribution >= 0.6 is 22.9 Å². The van der Waals surface area contributed by atoms with Crippen molar-refractivity contribution in [2.75, 3.05) is 18.6 Å². The molecule has 3 rings (SSSR count). The molecule has 0 bridgehead atoms. The van der Waals surface area contributed by atoms with E-state index < -0.39 is 13.3 Å². The lowest BCUT2D eigenvalue weighted by molar-refractivity contribution is 0.415. The van der Waals surface area contributed by atoms with Crippen molar-refractivity contribution in [1.29, 1.82) is 0 Å². The van der Waals surface area contributed by atoms with Crippen molar-refractivity contribution in [3.63, 3.8) is 0 Å². The number of nitrogens with zero attached hydrogens (tertiary/aromatic N) is 2. The molecule has 0 aliphatic rings. The first kappa shape index (κ1) is 21.5. The Morgan fingerprint density at radius 3 is 2.55 bits per heavy atom. The summed E-state index contributed by atoms with van der Waals surface area (Å²) in [6, 6.07) is 10.5. The minimum Gasteiger partial charge on any atom is -0.497 e. The maximum atomic E-state index is 13.6. The van der Waals surface area contributed by atoms with Crippen LogP contribution in [-0.2, 0) is 13.3 Å². The molecule has 7 heteroatoms. The molecular formula is C22H23ClF2N2OS. The largest absolute Gasteiger partial charge is 0.497 e. The standard InChI is InChI=1S/C22H23ClF2N2OS/c1-4-9-27(20-10-15(12-24)5-6-16(20)13-25)22-26-21(14(2)29-22)18-8-7-17(28-3)11-19(18)23/h5-8,10-11H,4,9,12-13H2,1-3H3. The maximum absolute atomic E-state index is 13.6. The lowest BCUT2D eigenvalue weighted by atomic mass is 10.1. The molecule has 0 N–H and O–H groups in total. The van der Waals surface area contributed by atoms with Crippen molar-refractivity contribution in [3.05, 3.63) is 57.4 Å². The average Bonchev–Trinajstić information content (AvgIpc) is 3.12. The molecule has 0 aliphatic heterocycles. The summed E-state index contributed by atoms with van der Waals surface area (Å²) < 4.78 is 32.1. The zero-order valence-corrected chi connectivity index (χ0v) is 18.2. The van der Waals surface area contributed by atoms with Crippen molar-refractivity contribution in [1.82, 2.24) is 4.98 Å². The predicted molar refractivity (Wildman–Crippen MR) is 117 cm³/mol. The Bertz CT molecular complexity index is 993. The van der Waals surface area contributed by atoms with E-state index in [1.165, 1.54) is 11.3 Å². The summed E-state index contributed by atoms with van der Waals surface area (Å²) in [4.78, 5) is 7.79. The van der Waals surface area contributed by atoms with Crippen LogP contribution in [0.15, 0.2) is 36.4 Å². The van der Waals surface area contributed by atoms with E-state index in [1.807, 2.05) is 30.9 Å². The van der Waals surface area contributed by atoms with E-state index in [0.717, 1.165) is 27.7 Å². The lowest BCUT2D eigenvalue weighted by Crippen LogP contribution is -2.19. The third-order valence-electron chi connectivity index (χ3n) is 4.63. The molecule has 0 radical (unpaired) electrons. The highest BCUT2D eigenvalue weighted by atomic mass is 35.5. The van der Waals surface area contributed by atoms with Gasteiger partial charge >= 0.3 is 0 Å². The number of aryl methyl sites for hydroxylation is 1. The zero-order valence-electron chi connectivity index (χ0n) is 16.6. The number of aromatic nitrogens is 1. The SMILES string of the molecule is CCCN(c1nc(-c2ccc(OC)cc2Cl)c(C)s1)c1cc(CF)ccc1CF. The molecule has 0 fully saturated rings. The van der Waals surface area contributed by atoms with Crippen molar-refractivity contribution < 1.29 is 13.5 Å². The molecule has 0 unspecified atom stereocenters. The molecule has 0 amide bonds. The smallest absolute Gasteiger partial charge is 0.190 e. The summed E-state index contributed by atoms with van der Waals surface area (Å²) in [5, 5.41) is 1.28. The number of ether oxygens (including phenoxy) is 1. The number of hydrogen-bond acceptors (Lipinski definition) is 4. The van der Waals surface area contributed by atoms with Crippen LogP contribution in [0, 0.1) is 6.92 Å². The van der Waals surface area contributed by atoms with Crippen LogP contribution in [0.5, 0.6) is 5.75 Å². The lowest BCUT2D eigenvalue weighted by Gasteiger charge is -2.24. The summed E-state index contributed by atoms with van der Waals surface area (Å²) in [5.41, 5.74) is 3.29. The van der Waals surface area contributed by atoms with Crippen LogP contribution < -0.4 is 9.64 Å². The minimum absolute atomic E-state index is 0.519. The van der Waals surface area contributed by atoms with E-state index in [2.05, 4.69) is 0 Å². The molecule has 0 aliphatic carbocycles. The van der Waals surface area contributed by atoms with Gasteiger partial charge in [-0.3, -0.25) is 0 Å². The minimum atomic E-state index is -0.621. The Hall–Kier alpha value is -2.18. The van der Waals surface area contributed by atoms with Gasteiger partial charge < -0.3 is 9.64 Å². The number of thiazole rings is 1. The van der Waals surface area contributed by atoms with Gasteiger partial charge in [-0.25, -0.2) is 13.8 Å².